The third-order valence-corrected chi connectivity index (χ3v) is 3.78. The zero-order valence-electron chi connectivity index (χ0n) is 11.2. The zero-order chi connectivity index (χ0) is 15.0. The first-order valence-electron chi connectivity index (χ1n) is 6.79. The van der Waals surface area contributed by atoms with Crippen molar-refractivity contribution in [3.05, 3.63) is 59.2 Å². The molecule has 0 aromatic heterocycles. The zero-order valence-corrected chi connectivity index (χ0v) is 11.2. The van der Waals surface area contributed by atoms with Gasteiger partial charge in [-0.3, -0.25) is 4.79 Å². The molecule has 0 fully saturated rings. The lowest BCUT2D eigenvalue weighted by Gasteiger charge is -2.16. The number of carbonyl (C=O) groups excluding carboxylic acids is 1. The Bertz CT molecular complexity index is 701. The van der Waals surface area contributed by atoms with Crippen molar-refractivity contribution < 1.29 is 18.0 Å². The maximum Gasteiger partial charge on any atom is 0.416 e. The summed E-state index contributed by atoms with van der Waals surface area (Å²) in [4.78, 5) is 11.9. The lowest BCUT2D eigenvalue weighted by molar-refractivity contribution is -0.137. The number of hydrogen-bond acceptors (Lipinski definition) is 1. The van der Waals surface area contributed by atoms with E-state index >= 15 is 0 Å². The fourth-order valence-electron chi connectivity index (χ4n) is 2.68. The molecule has 1 nitrogen and oxygen atoms in total. The molecular formula is C17H13F3O. The average molecular weight is 290 g/mol. The minimum atomic E-state index is -4.36. The molecule has 21 heavy (non-hydrogen) atoms. The highest BCUT2D eigenvalue weighted by atomic mass is 19.4. The third kappa shape index (κ3) is 2.71. The Hall–Kier alpha value is -2.10. The number of ketones is 1. The smallest absolute Gasteiger partial charge is 0.294 e. The van der Waals surface area contributed by atoms with E-state index in [4.69, 9.17) is 0 Å². The van der Waals surface area contributed by atoms with Gasteiger partial charge in [0.2, 0.25) is 0 Å². The molecule has 0 saturated heterocycles. The quantitative estimate of drug-likeness (QED) is 0.730. The number of rotatable bonds is 1. The summed E-state index contributed by atoms with van der Waals surface area (Å²) in [6.45, 7) is 0. The van der Waals surface area contributed by atoms with E-state index < -0.39 is 11.7 Å². The van der Waals surface area contributed by atoms with Gasteiger partial charge in [-0.05, 0) is 47.7 Å². The average Bonchev–Trinajstić information content (AvgIpc) is 2.47. The van der Waals surface area contributed by atoms with E-state index in [1.54, 1.807) is 18.2 Å². The number of fused-ring (bicyclic) bond motifs is 1. The first-order chi connectivity index (χ1) is 9.95. The van der Waals surface area contributed by atoms with Crippen molar-refractivity contribution in [3.8, 4) is 11.1 Å². The van der Waals surface area contributed by atoms with E-state index in [0.29, 0.717) is 23.1 Å². The Balaban J connectivity index is 2.05. The first-order valence-corrected chi connectivity index (χ1v) is 6.79. The Labute approximate surface area is 120 Å². The standard InChI is InChI=1S/C17H13F3O/c18-17(19,20)14-5-1-4-12(9-14)13-8-7-11-3-2-6-16(21)15(11)10-13/h1,4-5,7-10H,2-3,6H2. The molecule has 0 radical (unpaired) electrons. The van der Waals surface area contributed by atoms with Crippen LogP contribution in [0.4, 0.5) is 13.2 Å². The molecule has 0 bridgehead atoms. The van der Waals surface area contributed by atoms with Crippen molar-refractivity contribution in [2.45, 2.75) is 25.4 Å². The molecule has 0 N–H and O–H groups in total. The van der Waals surface area contributed by atoms with Gasteiger partial charge in [0.1, 0.15) is 0 Å². The summed E-state index contributed by atoms with van der Waals surface area (Å²) in [5, 5.41) is 0. The van der Waals surface area contributed by atoms with Crippen LogP contribution in [0.25, 0.3) is 11.1 Å². The normalized spacial score (nSPS) is 14.9. The van der Waals surface area contributed by atoms with Crippen LogP contribution < -0.4 is 0 Å². The van der Waals surface area contributed by atoms with Crippen molar-refractivity contribution in [2.75, 3.05) is 0 Å². The van der Waals surface area contributed by atoms with Crippen LogP contribution >= 0.6 is 0 Å². The molecule has 0 heterocycles. The lowest BCUT2D eigenvalue weighted by Crippen LogP contribution is -2.10. The van der Waals surface area contributed by atoms with Gasteiger partial charge in [0.05, 0.1) is 5.56 Å². The maximum atomic E-state index is 12.8. The van der Waals surface area contributed by atoms with Gasteiger partial charge in [0.15, 0.2) is 5.78 Å². The first kappa shape index (κ1) is 13.9. The number of carbonyl (C=O) groups is 1. The molecule has 4 heteroatoms. The van der Waals surface area contributed by atoms with Crippen molar-refractivity contribution in [3.63, 3.8) is 0 Å². The number of halogens is 3. The number of Topliss-reactive ketones (excluding diaryl/α,β-unsaturated/α-hetero) is 1. The second-order valence-electron chi connectivity index (χ2n) is 5.23. The van der Waals surface area contributed by atoms with Crippen LogP contribution in [0.2, 0.25) is 0 Å². The van der Waals surface area contributed by atoms with E-state index in [1.807, 2.05) is 6.07 Å². The molecule has 0 amide bonds. The third-order valence-electron chi connectivity index (χ3n) is 3.78. The molecule has 1 aliphatic rings. The Morgan fingerprint density at radius 2 is 1.67 bits per heavy atom. The monoisotopic (exact) mass is 290 g/mol. The van der Waals surface area contributed by atoms with Crippen LogP contribution in [-0.2, 0) is 12.6 Å². The number of hydrogen-bond donors (Lipinski definition) is 0. The van der Waals surface area contributed by atoms with Crippen molar-refractivity contribution in [1.29, 1.82) is 0 Å². The predicted octanol–water partition coefficient (Wildman–Crippen LogP) is 4.89. The van der Waals surface area contributed by atoms with Crippen LogP contribution in [-0.4, -0.2) is 5.78 Å². The minimum Gasteiger partial charge on any atom is -0.294 e. The highest BCUT2D eigenvalue weighted by Crippen LogP contribution is 2.33. The van der Waals surface area contributed by atoms with E-state index in [0.717, 1.165) is 30.5 Å². The molecule has 2 aromatic rings. The Kier molecular flexibility index (Phi) is 3.32. The summed E-state index contributed by atoms with van der Waals surface area (Å²) < 4.78 is 38.3. The summed E-state index contributed by atoms with van der Waals surface area (Å²) in [7, 11) is 0. The second-order valence-corrected chi connectivity index (χ2v) is 5.23. The topological polar surface area (TPSA) is 17.1 Å². The molecule has 1 aliphatic carbocycles. The second kappa shape index (κ2) is 5.02. The van der Waals surface area contributed by atoms with Gasteiger partial charge in [-0.25, -0.2) is 0 Å². The van der Waals surface area contributed by atoms with Gasteiger partial charge in [0, 0.05) is 12.0 Å². The molecule has 0 unspecified atom stereocenters. The number of benzene rings is 2. The molecule has 0 aliphatic heterocycles. The fraction of sp³-hybridized carbons (Fsp3) is 0.235. The highest BCUT2D eigenvalue weighted by molar-refractivity contribution is 5.99. The van der Waals surface area contributed by atoms with Gasteiger partial charge in [0.25, 0.3) is 0 Å². The van der Waals surface area contributed by atoms with E-state index in [1.165, 1.54) is 6.07 Å². The SMILES string of the molecule is O=C1CCCc2ccc(-c3cccc(C(F)(F)F)c3)cc21. The summed E-state index contributed by atoms with van der Waals surface area (Å²) >= 11 is 0. The molecular weight excluding hydrogens is 277 g/mol. The van der Waals surface area contributed by atoms with Crippen LogP contribution in [0, 0.1) is 0 Å². The minimum absolute atomic E-state index is 0.0741. The molecule has 3 rings (SSSR count). The molecule has 2 aromatic carbocycles. The number of aryl methyl sites for hydroxylation is 1. The van der Waals surface area contributed by atoms with Crippen molar-refractivity contribution in [1.82, 2.24) is 0 Å². The fourth-order valence-corrected chi connectivity index (χ4v) is 2.68. The number of alkyl halides is 3. The summed E-state index contributed by atoms with van der Waals surface area (Å²) in [6, 6.07) is 10.5. The predicted molar refractivity (Wildman–Crippen MR) is 74.1 cm³/mol. The van der Waals surface area contributed by atoms with E-state index in [-0.39, 0.29) is 5.78 Å². The van der Waals surface area contributed by atoms with E-state index in [2.05, 4.69) is 0 Å². The molecule has 108 valence electrons. The van der Waals surface area contributed by atoms with Gasteiger partial charge in [-0.15, -0.1) is 0 Å². The highest BCUT2D eigenvalue weighted by Gasteiger charge is 2.30. The van der Waals surface area contributed by atoms with Crippen LogP contribution in [0.5, 0.6) is 0 Å². The summed E-state index contributed by atoms with van der Waals surface area (Å²) in [6.07, 6.45) is -2.15. The van der Waals surface area contributed by atoms with Crippen LogP contribution in [0.15, 0.2) is 42.5 Å². The molecule has 0 saturated carbocycles. The van der Waals surface area contributed by atoms with Crippen molar-refractivity contribution in [2.24, 2.45) is 0 Å². The van der Waals surface area contributed by atoms with Crippen LogP contribution in [0.1, 0.15) is 34.3 Å². The maximum absolute atomic E-state index is 12.8. The van der Waals surface area contributed by atoms with Crippen molar-refractivity contribution >= 4 is 5.78 Å². The van der Waals surface area contributed by atoms with Gasteiger partial charge in [-0.1, -0.05) is 24.3 Å². The Morgan fingerprint density at radius 3 is 2.43 bits per heavy atom. The lowest BCUT2D eigenvalue weighted by atomic mass is 9.88. The van der Waals surface area contributed by atoms with Gasteiger partial charge >= 0.3 is 6.18 Å². The summed E-state index contributed by atoms with van der Waals surface area (Å²) in [5.41, 5.74) is 2.09. The Morgan fingerprint density at radius 1 is 0.905 bits per heavy atom. The summed E-state index contributed by atoms with van der Waals surface area (Å²) in [5.74, 6) is 0.0741. The molecule has 0 atom stereocenters. The van der Waals surface area contributed by atoms with Gasteiger partial charge in [-0.2, -0.15) is 13.2 Å². The largest absolute Gasteiger partial charge is 0.416 e. The van der Waals surface area contributed by atoms with Crippen LogP contribution in [0.3, 0.4) is 0 Å². The van der Waals surface area contributed by atoms with E-state index in [9.17, 15) is 18.0 Å². The van der Waals surface area contributed by atoms with Gasteiger partial charge < -0.3 is 0 Å². The molecule has 0 spiro atoms.